The number of nitrogens with one attached hydrogen (secondary N) is 2. The second-order valence-electron chi connectivity index (χ2n) is 5.10. The van der Waals surface area contributed by atoms with Crippen molar-refractivity contribution in [1.29, 1.82) is 0 Å². The van der Waals surface area contributed by atoms with Gasteiger partial charge in [0.2, 0.25) is 0 Å². The molecule has 0 saturated heterocycles. The third-order valence-corrected chi connectivity index (χ3v) is 3.44. The number of para-hydroxylation sites is 1. The number of amides is 1. The zero-order valence-corrected chi connectivity index (χ0v) is 12.4. The molecular weight excluding hydrogens is 296 g/mol. The van der Waals surface area contributed by atoms with Gasteiger partial charge < -0.3 is 14.9 Å². The summed E-state index contributed by atoms with van der Waals surface area (Å²) >= 11 is 0. The summed E-state index contributed by atoms with van der Waals surface area (Å²) in [4.78, 5) is 46.8. The van der Waals surface area contributed by atoms with Gasteiger partial charge >= 0.3 is 0 Å². The number of hydrogen-bond donors (Lipinski definition) is 2. The molecule has 0 aliphatic heterocycles. The smallest absolute Gasteiger partial charge is 0.260 e. The van der Waals surface area contributed by atoms with Crippen LogP contribution in [0.1, 0.15) is 16.2 Å². The van der Waals surface area contributed by atoms with Gasteiger partial charge in [-0.3, -0.25) is 14.4 Å². The average Bonchev–Trinajstić information content (AvgIpc) is 2.54. The van der Waals surface area contributed by atoms with Crippen molar-refractivity contribution in [3.8, 4) is 0 Å². The van der Waals surface area contributed by atoms with Gasteiger partial charge in [0.1, 0.15) is 11.4 Å². The van der Waals surface area contributed by atoms with Crippen LogP contribution in [0.2, 0.25) is 0 Å². The van der Waals surface area contributed by atoms with Gasteiger partial charge in [-0.25, -0.2) is 4.98 Å². The van der Waals surface area contributed by atoms with E-state index in [9.17, 15) is 14.4 Å². The predicted molar refractivity (Wildman–Crippen MR) is 85.2 cm³/mol. The highest BCUT2D eigenvalue weighted by Gasteiger charge is 2.16. The van der Waals surface area contributed by atoms with Crippen molar-refractivity contribution < 1.29 is 4.79 Å². The SMILES string of the molecule is CN(Cc1nc2ccccc2c(=O)[nH]1)C(=O)c1ccc[nH]c1=O. The van der Waals surface area contributed by atoms with Crippen molar-refractivity contribution in [2.45, 2.75) is 6.54 Å². The van der Waals surface area contributed by atoms with E-state index in [2.05, 4.69) is 15.0 Å². The van der Waals surface area contributed by atoms with Crippen LogP contribution in [0.3, 0.4) is 0 Å². The molecule has 0 fully saturated rings. The Bertz CT molecular complexity index is 990. The highest BCUT2D eigenvalue weighted by molar-refractivity contribution is 5.93. The van der Waals surface area contributed by atoms with E-state index in [1.54, 1.807) is 37.4 Å². The molecule has 7 heteroatoms. The number of fused-ring (bicyclic) bond motifs is 1. The summed E-state index contributed by atoms with van der Waals surface area (Å²) < 4.78 is 0. The molecule has 23 heavy (non-hydrogen) atoms. The molecule has 1 amide bonds. The molecule has 0 saturated carbocycles. The largest absolute Gasteiger partial charge is 0.334 e. The molecule has 0 radical (unpaired) electrons. The Morgan fingerprint density at radius 3 is 2.70 bits per heavy atom. The lowest BCUT2D eigenvalue weighted by Gasteiger charge is -2.16. The Morgan fingerprint density at radius 1 is 1.13 bits per heavy atom. The first-order chi connectivity index (χ1) is 11.1. The third-order valence-electron chi connectivity index (χ3n) is 3.44. The van der Waals surface area contributed by atoms with E-state index in [1.807, 2.05) is 0 Å². The maximum Gasteiger partial charge on any atom is 0.260 e. The van der Waals surface area contributed by atoms with E-state index in [0.29, 0.717) is 16.7 Å². The fraction of sp³-hybridized carbons (Fsp3) is 0.125. The molecule has 7 nitrogen and oxygen atoms in total. The number of carbonyl (C=O) groups is 1. The van der Waals surface area contributed by atoms with Crippen LogP contribution in [0.15, 0.2) is 52.2 Å². The quantitative estimate of drug-likeness (QED) is 0.750. The van der Waals surface area contributed by atoms with E-state index in [-0.39, 0.29) is 17.7 Å². The molecular formula is C16H14N4O3. The molecule has 0 aliphatic rings. The maximum atomic E-state index is 12.3. The molecule has 0 bridgehead atoms. The fourth-order valence-corrected chi connectivity index (χ4v) is 2.30. The Morgan fingerprint density at radius 2 is 1.91 bits per heavy atom. The van der Waals surface area contributed by atoms with E-state index in [0.717, 1.165) is 0 Å². The van der Waals surface area contributed by atoms with Crippen LogP contribution >= 0.6 is 0 Å². The first-order valence-electron chi connectivity index (χ1n) is 6.97. The first-order valence-corrected chi connectivity index (χ1v) is 6.97. The van der Waals surface area contributed by atoms with Crippen LogP contribution in [-0.2, 0) is 6.54 Å². The number of H-pyrrole nitrogens is 2. The first kappa shape index (κ1) is 14.7. The molecule has 0 aliphatic carbocycles. The summed E-state index contributed by atoms with van der Waals surface area (Å²) in [5.74, 6) is -0.0837. The van der Waals surface area contributed by atoms with E-state index >= 15 is 0 Å². The van der Waals surface area contributed by atoms with Crippen LogP contribution in [0.4, 0.5) is 0 Å². The van der Waals surface area contributed by atoms with Crippen molar-refractivity contribution in [2.75, 3.05) is 7.05 Å². The van der Waals surface area contributed by atoms with Gasteiger partial charge in [-0.15, -0.1) is 0 Å². The topological polar surface area (TPSA) is 98.9 Å². The number of pyridine rings is 1. The van der Waals surface area contributed by atoms with E-state index in [4.69, 9.17) is 0 Å². The Labute approximate surface area is 130 Å². The monoisotopic (exact) mass is 310 g/mol. The summed E-state index contributed by atoms with van der Waals surface area (Å²) in [5, 5.41) is 0.490. The molecule has 2 heterocycles. The maximum absolute atomic E-state index is 12.3. The summed E-state index contributed by atoms with van der Waals surface area (Å²) in [6.45, 7) is 0.0905. The Hall–Kier alpha value is -3.22. The number of hydrogen-bond acceptors (Lipinski definition) is 4. The fourth-order valence-electron chi connectivity index (χ4n) is 2.30. The van der Waals surface area contributed by atoms with Crippen molar-refractivity contribution in [3.05, 3.63) is 74.7 Å². The van der Waals surface area contributed by atoms with Gasteiger partial charge in [-0.1, -0.05) is 12.1 Å². The lowest BCUT2D eigenvalue weighted by atomic mass is 10.2. The van der Waals surface area contributed by atoms with Gasteiger partial charge in [0.05, 0.1) is 17.4 Å². The molecule has 0 atom stereocenters. The normalized spacial score (nSPS) is 10.7. The lowest BCUT2D eigenvalue weighted by molar-refractivity contribution is 0.0780. The second-order valence-corrected chi connectivity index (χ2v) is 5.10. The van der Waals surface area contributed by atoms with E-state index < -0.39 is 11.5 Å². The third kappa shape index (κ3) is 2.89. The van der Waals surface area contributed by atoms with Gasteiger partial charge in [0.15, 0.2) is 0 Å². The Balaban J connectivity index is 1.90. The average molecular weight is 310 g/mol. The number of aromatic nitrogens is 3. The minimum atomic E-state index is -0.454. The number of aromatic amines is 2. The molecule has 1 aromatic carbocycles. The minimum Gasteiger partial charge on any atom is -0.334 e. The van der Waals surface area contributed by atoms with Crippen LogP contribution in [0.5, 0.6) is 0 Å². The molecule has 2 aromatic heterocycles. The summed E-state index contributed by atoms with van der Waals surface area (Å²) in [6, 6.07) is 10.0. The van der Waals surface area contributed by atoms with Crippen molar-refractivity contribution in [3.63, 3.8) is 0 Å². The number of rotatable bonds is 3. The zero-order chi connectivity index (χ0) is 16.4. The molecule has 116 valence electrons. The van der Waals surface area contributed by atoms with Crippen LogP contribution in [0, 0.1) is 0 Å². The highest BCUT2D eigenvalue weighted by atomic mass is 16.2. The molecule has 3 aromatic rings. The molecule has 0 unspecified atom stereocenters. The van der Waals surface area contributed by atoms with Crippen molar-refractivity contribution in [1.82, 2.24) is 19.9 Å². The predicted octanol–water partition coefficient (Wildman–Crippen LogP) is 0.884. The zero-order valence-electron chi connectivity index (χ0n) is 12.4. The van der Waals surface area contributed by atoms with Crippen molar-refractivity contribution in [2.24, 2.45) is 0 Å². The van der Waals surface area contributed by atoms with Gasteiger partial charge in [-0.2, -0.15) is 0 Å². The molecule has 3 rings (SSSR count). The second kappa shape index (κ2) is 5.88. The summed E-state index contributed by atoms with van der Waals surface area (Å²) in [6.07, 6.45) is 1.46. The van der Waals surface area contributed by atoms with Gasteiger partial charge in [0, 0.05) is 13.2 Å². The van der Waals surface area contributed by atoms with Gasteiger partial charge in [0.25, 0.3) is 17.0 Å². The summed E-state index contributed by atoms with van der Waals surface area (Å²) in [5.41, 5.74) is -0.115. The van der Waals surface area contributed by atoms with Crippen LogP contribution in [-0.4, -0.2) is 32.8 Å². The van der Waals surface area contributed by atoms with Crippen molar-refractivity contribution >= 4 is 16.8 Å². The van der Waals surface area contributed by atoms with Gasteiger partial charge in [-0.05, 0) is 24.3 Å². The van der Waals surface area contributed by atoms with Crippen LogP contribution < -0.4 is 11.1 Å². The molecule has 0 spiro atoms. The minimum absolute atomic E-state index is 0.0399. The lowest BCUT2D eigenvalue weighted by Crippen LogP contribution is -2.32. The van der Waals surface area contributed by atoms with Crippen LogP contribution in [0.25, 0.3) is 10.9 Å². The standard InChI is InChI=1S/C16H14N4O3/c1-20(16(23)11-6-4-8-17-14(11)21)9-13-18-12-7-3-2-5-10(12)15(22)19-13/h2-8H,9H2,1H3,(H,17,21)(H,18,19,22). The number of carbonyl (C=O) groups excluding carboxylic acids is 1. The Kier molecular flexibility index (Phi) is 3.76. The number of nitrogens with zero attached hydrogens (tertiary/aromatic N) is 2. The van der Waals surface area contributed by atoms with E-state index in [1.165, 1.54) is 17.2 Å². The summed E-state index contributed by atoms with van der Waals surface area (Å²) in [7, 11) is 1.55. The number of benzene rings is 1. The highest BCUT2D eigenvalue weighted by Crippen LogP contribution is 2.07. The molecule has 2 N–H and O–H groups in total.